The summed E-state index contributed by atoms with van der Waals surface area (Å²) in [6, 6.07) is -0.0358. The molecule has 2 aliphatic heterocycles. The van der Waals surface area contributed by atoms with Gasteiger partial charge in [-0.1, -0.05) is 19.3 Å². The molecule has 1 atom stereocenters. The van der Waals surface area contributed by atoms with Crippen LogP contribution < -0.4 is 5.56 Å². The molecule has 0 aromatic carbocycles. The minimum absolute atomic E-state index is 0.0130. The zero-order chi connectivity index (χ0) is 19.1. The van der Waals surface area contributed by atoms with Gasteiger partial charge in [-0.25, -0.2) is 4.98 Å². The maximum atomic E-state index is 12.9. The molecule has 152 valence electrons. The third-order valence-corrected chi connectivity index (χ3v) is 7.19. The summed E-state index contributed by atoms with van der Waals surface area (Å²) in [6.07, 6.45) is 11.6. The second-order valence-corrected chi connectivity index (χ2v) is 9.33. The molecule has 4 aliphatic rings. The number of fused-ring (bicyclic) bond motifs is 1. The lowest BCUT2D eigenvalue weighted by molar-refractivity contribution is -0.133. The summed E-state index contributed by atoms with van der Waals surface area (Å²) in [5.41, 5.74) is 1.83. The average Bonchev–Trinajstić information content (AvgIpc) is 3.45. The second-order valence-electron chi connectivity index (χ2n) is 9.33. The molecule has 1 N–H and O–H groups in total. The van der Waals surface area contributed by atoms with Crippen molar-refractivity contribution < 1.29 is 4.79 Å². The Morgan fingerprint density at radius 2 is 1.86 bits per heavy atom. The Labute approximate surface area is 166 Å². The highest BCUT2D eigenvalue weighted by atomic mass is 16.2. The van der Waals surface area contributed by atoms with Crippen LogP contribution in [0.1, 0.15) is 80.9 Å². The Balaban J connectivity index is 1.31. The van der Waals surface area contributed by atoms with Crippen LogP contribution in [0.2, 0.25) is 0 Å². The van der Waals surface area contributed by atoms with Gasteiger partial charge in [0.05, 0.1) is 17.3 Å². The van der Waals surface area contributed by atoms with Crippen molar-refractivity contribution in [2.45, 2.75) is 76.8 Å². The predicted octanol–water partition coefficient (Wildman–Crippen LogP) is 2.78. The third-order valence-electron chi connectivity index (χ3n) is 7.19. The Morgan fingerprint density at radius 3 is 2.64 bits per heavy atom. The zero-order valence-electron chi connectivity index (χ0n) is 16.8. The second kappa shape index (κ2) is 7.62. The smallest absolute Gasteiger partial charge is 0.255 e. The lowest BCUT2D eigenvalue weighted by Crippen LogP contribution is -2.40. The summed E-state index contributed by atoms with van der Waals surface area (Å²) in [6.45, 7) is 3.64. The Hall–Kier alpha value is -1.69. The number of aromatic amines is 1. The van der Waals surface area contributed by atoms with E-state index in [1.807, 2.05) is 4.90 Å². The van der Waals surface area contributed by atoms with Crippen molar-refractivity contribution in [3.8, 4) is 0 Å². The van der Waals surface area contributed by atoms with Crippen molar-refractivity contribution >= 4 is 5.91 Å². The first-order valence-electron chi connectivity index (χ1n) is 11.3. The number of carbonyl (C=O) groups is 1. The van der Waals surface area contributed by atoms with Crippen LogP contribution in [0.5, 0.6) is 0 Å². The highest BCUT2D eigenvalue weighted by Crippen LogP contribution is 2.38. The largest absolute Gasteiger partial charge is 0.332 e. The molecule has 0 bridgehead atoms. The van der Waals surface area contributed by atoms with E-state index >= 15 is 0 Å². The van der Waals surface area contributed by atoms with Crippen LogP contribution in [0, 0.1) is 11.8 Å². The van der Waals surface area contributed by atoms with Crippen molar-refractivity contribution in [3.63, 3.8) is 0 Å². The van der Waals surface area contributed by atoms with Crippen molar-refractivity contribution in [1.29, 1.82) is 0 Å². The highest BCUT2D eigenvalue weighted by molar-refractivity contribution is 5.81. The minimum Gasteiger partial charge on any atom is -0.332 e. The number of likely N-dealkylation sites (tertiary alicyclic amines) is 1. The third kappa shape index (κ3) is 3.63. The number of hydrogen-bond acceptors (Lipinski definition) is 4. The number of nitrogens with zero attached hydrogens (tertiary/aromatic N) is 3. The number of hydrogen-bond donors (Lipinski definition) is 1. The fraction of sp³-hybridized carbons (Fsp3) is 0.773. The van der Waals surface area contributed by atoms with Crippen molar-refractivity contribution in [3.05, 3.63) is 27.4 Å². The molecule has 1 aromatic rings. The lowest BCUT2D eigenvalue weighted by Gasteiger charge is -2.33. The summed E-state index contributed by atoms with van der Waals surface area (Å²) >= 11 is 0. The fourth-order valence-corrected chi connectivity index (χ4v) is 5.43. The molecule has 1 amide bonds. The Kier molecular flexibility index (Phi) is 4.99. The summed E-state index contributed by atoms with van der Waals surface area (Å²) in [5, 5.41) is 0. The standard InChI is InChI=1S/C22H32N4O2/c27-21-17-14-25(13-15-5-2-1-3-6-15)12-10-18(17)23-20(24-21)19-7-4-11-26(19)22(28)16-8-9-16/h15-16,19H,1-14H2,(H,23,24,27)/t19-/m1/s1. The van der Waals surface area contributed by atoms with E-state index < -0.39 is 0 Å². The van der Waals surface area contributed by atoms with E-state index in [0.29, 0.717) is 0 Å². The molecule has 0 radical (unpaired) electrons. The maximum absolute atomic E-state index is 12.9. The van der Waals surface area contributed by atoms with Crippen LogP contribution >= 0.6 is 0 Å². The lowest BCUT2D eigenvalue weighted by atomic mass is 9.88. The molecule has 3 fully saturated rings. The van der Waals surface area contributed by atoms with E-state index in [-0.39, 0.29) is 23.4 Å². The Morgan fingerprint density at radius 1 is 1.04 bits per heavy atom. The van der Waals surface area contributed by atoms with Gasteiger partial charge in [-0.15, -0.1) is 0 Å². The van der Waals surface area contributed by atoms with Gasteiger partial charge < -0.3 is 9.88 Å². The van der Waals surface area contributed by atoms with E-state index in [2.05, 4.69) is 9.88 Å². The summed E-state index contributed by atoms with van der Waals surface area (Å²) < 4.78 is 0. The van der Waals surface area contributed by atoms with Crippen LogP contribution in [-0.4, -0.2) is 45.3 Å². The number of amides is 1. The number of rotatable bonds is 4. The van der Waals surface area contributed by atoms with Gasteiger partial charge in [-0.2, -0.15) is 0 Å². The first-order chi connectivity index (χ1) is 13.7. The van der Waals surface area contributed by atoms with Crippen molar-refractivity contribution in [2.24, 2.45) is 11.8 Å². The highest BCUT2D eigenvalue weighted by Gasteiger charge is 2.40. The van der Waals surface area contributed by atoms with Crippen molar-refractivity contribution in [2.75, 3.05) is 19.6 Å². The first kappa shape index (κ1) is 18.3. The van der Waals surface area contributed by atoms with Gasteiger partial charge in [-0.3, -0.25) is 14.5 Å². The quantitative estimate of drug-likeness (QED) is 0.867. The first-order valence-corrected chi connectivity index (χ1v) is 11.3. The van der Waals surface area contributed by atoms with E-state index in [9.17, 15) is 9.59 Å². The molecule has 2 saturated carbocycles. The molecule has 6 nitrogen and oxygen atoms in total. The van der Waals surface area contributed by atoms with Gasteiger partial charge in [0.15, 0.2) is 0 Å². The van der Waals surface area contributed by atoms with Gasteiger partial charge in [0.1, 0.15) is 5.82 Å². The SMILES string of the molecule is O=C(C1CC1)N1CCC[C@@H]1c1nc2c(c(=O)[nH]1)CN(CC1CCCCC1)CC2. The maximum Gasteiger partial charge on any atom is 0.255 e. The van der Waals surface area contributed by atoms with Crippen LogP contribution in [0.4, 0.5) is 0 Å². The minimum atomic E-state index is -0.0358. The molecule has 0 unspecified atom stereocenters. The fourth-order valence-electron chi connectivity index (χ4n) is 5.43. The molecule has 6 heteroatoms. The van der Waals surface area contributed by atoms with Gasteiger partial charge in [-0.05, 0) is 44.4 Å². The van der Waals surface area contributed by atoms with Gasteiger partial charge in [0.25, 0.3) is 5.56 Å². The van der Waals surface area contributed by atoms with Crippen LogP contribution in [0.3, 0.4) is 0 Å². The molecular weight excluding hydrogens is 352 g/mol. The van der Waals surface area contributed by atoms with E-state index in [4.69, 9.17) is 4.98 Å². The zero-order valence-corrected chi connectivity index (χ0v) is 16.8. The molecule has 0 spiro atoms. The van der Waals surface area contributed by atoms with Gasteiger partial charge in [0, 0.05) is 38.5 Å². The van der Waals surface area contributed by atoms with Crippen LogP contribution in [-0.2, 0) is 17.8 Å². The predicted molar refractivity (Wildman–Crippen MR) is 107 cm³/mol. The molecule has 3 heterocycles. The molecular formula is C22H32N4O2. The van der Waals surface area contributed by atoms with Crippen LogP contribution in [0.25, 0.3) is 0 Å². The summed E-state index contributed by atoms with van der Waals surface area (Å²) in [4.78, 5) is 37.8. The number of carbonyl (C=O) groups excluding carboxylic acids is 1. The Bertz CT molecular complexity index is 794. The monoisotopic (exact) mass is 384 g/mol. The topological polar surface area (TPSA) is 69.3 Å². The molecule has 1 aromatic heterocycles. The van der Waals surface area contributed by atoms with Crippen LogP contribution in [0.15, 0.2) is 4.79 Å². The van der Waals surface area contributed by atoms with E-state index in [0.717, 1.165) is 81.3 Å². The molecule has 1 saturated heterocycles. The number of nitrogens with one attached hydrogen (secondary N) is 1. The molecule has 2 aliphatic carbocycles. The van der Waals surface area contributed by atoms with Gasteiger partial charge >= 0.3 is 0 Å². The summed E-state index contributed by atoms with van der Waals surface area (Å²) in [5.74, 6) is 2.00. The van der Waals surface area contributed by atoms with Gasteiger partial charge in [0.2, 0.25) is 5.91 Å². The van der Waals surface area contributed by atoms with E-state index in [1.165, 1.54) is 32.1 Å². The normalized spacial score (nSPS) is 26.4. The van der Waals surface area contributed by atoms with E-state index in [1.54, 1.807) is 0 Å². The molecule has 5 rings (SSSR count). The average molecular weight is 385 g/mol. The molecule has 28 heavy (non-hydrogen) atoms. The number of aromatic nitrogens is 2. The van der Waals surface area contributed by atoms with Crippen molar-refractivity contribution in [1.82, 2.24) is 19.8 Å². The number of H-pyrrole nitrogens is 1. The summed E-state index contributed by atoms with van der Waals surface area (Å²) in [7, 11) is 0.